The molecule has 0 fully saturated rings. The van der Waals surface area contributed by atoms with Crippen molar-refractivity contribution >= 4 is 23.5 Å². The maximum Gasteiger partial charge on any atom is 0.321 e. The minimum absolute atomic E-state index is 0.00503. The van der Waals surface area contributed by atoms with Crippen LogP contribution < -0.4 is 16.0 Å². The average molecular weight is 342 g/mol. The topological polar surface area (TPSA) is 79.5 Å². The van der Waals surface area contributed by atoms with Gasteiger partial charge in [0.05, 0.1) is 13.2 Å². The molecule has 128 valence electrons. The van der Waals surface area contributed by atoms with Crippen LogP contribution in [0.5, 0.6) is 0 Å². The number of urea groups is 1. The van der Waals surface area contributed by atoms with Gasteiger partial charge in [0.2, 0.25) is 5.91 Å². The van der Waals surface area contributed by atoms with E-state index in [9.17, 15) is 9.59 Å². The van der Waals surface area contributed by atoms with E-state index in [0.717, 1.165) is 5.56 Å². The molecule has 0 aliphatic heterocycles. The molecule has 0 spiro atoms. The van der Waals surface area contributed by atoms with E-state index in [-0.39, 0.29) is 24.4 Å². The van der Waals surface area contributed by atoms with E-state index in [1.807, 2.05) is 24.3 Å². The van der Waals surface area contributed by atoms with E-state index in [0.29, 0.717) is 18.2 Å². The molecule has 0 saturated carbocycles. The molecule has 0 bridgehead atoms. The summed E-state index contributed by atoms with van der Waals surface area (Å²) in [7, 11) is 1.54. The fourth-order valence-electron chi connectivity index (χ4n) is 2.09. The van der Waals surface area contributed by atoms with E-state index >= 15 is 0 Å². The van der Waals surface area contributed by atoms with Crippen LogP contribution in [0.4, 0.5) is 4.79 Å². The molecule has 0 aliphatic carbocycles. The predicted molar refractivity (Wildman–Crippen MR) is 90.5 cm³/mol. The Morgan fingerprint density at radius 1 is 1.22 bits per heavy atom. The van der Waals surface area contributed by atoms with Crippen LogP contribution in [0.3, 0.4) is 0 Å². The van der Waals surface area contributed by atoms with Gasteiger partial charge in [-0.3, -0.25) is 10.1 Å². The van der Waals surface area contributed by atoms with Crippen molar-refractivity contribution in [3.63, 3.8) is 0 Å². The highest BCUT2D eigenvalue weighted by atomic mass is 35.5. The smallest absolute Gasteiger partial charge is 0.321 e. The molecule has 1 unspecified atom stereocenters. The van der Waals surface area contributed by atoms with Crippen LogP contribution in [-0.4, -0.2) is 38.7 Å². The Kier molecular flexibility index (Phi) is 8.61. The quantitative estimate of drug-likeness (QED) is 0.633. The maximum absolute atomic E-state index is 11.8. The number of imide groups is 1. The van der Waals surface area contributed by atoms with E-state index in [1.165, 1.54) is 7.11 Å². The number of nitrogens with one attached hydrogen (secondary N) is 3. The Hall–Kier alpha value is -1.63. The van der Waals surface area contributed by atoms with E-state index in [4.69, 9.17) is 16.3 Å². The first kappa shape index (κ1) is 19.4. The normalized spacial score (nSPS) is 12.0. The van der Waals surface area contributed by atoms with Gasteiger partial charge in [-0.05, 0) is 23.6 Å². The lowest BCUT2D eigenvalue weighted by Gasteiger charge is -2.22. The van der Waals surface area contributed by atoms with Crippen LogP contribution in [0.2, 0.25) is 5.02 Å². The van der Waals surface area contributed by atoms with Crippen LogP contribution in [-0.2, 0) is 9.53 Å². The second-order valence-electron chi connectivity index (χ2n) is 5.45. The number of carbonyl (C=O) groups is 2. The number of halogens is 1. The highest BCUT2D eigenvalue weighted by Crippen LogP contribution is 2.22. The van der Waals surface area contributed by atoms with Gasteiger partial charge in [-0.1, -0.05) is 37.6 Å². The molecule has 23 heavy (non-hydrogen) atoms. The lowest BCUT2D eigenvalue weighted by Crippen LogP contribution is -2.45. The summed E-state index contributed by atoms with van der Waals surface area (Å²) in [6, 6.07) is 6.95. The first-order valence-electron chi connectivity index (χ1n) is 7.49. The third kappa shape index (κ3) is 7.45. The second-order valence-corrected chi connectivity index (χ2v) is 5.89. The van der Waals surface area contributed by atoms with E-state index < -0.39 is 6.03 Å². The minimum atomic E-state index is -0.526. The summed E-state index contributed by atoms with van der Waals surface area (Å²) in [5.74, 6) is -0.112. The van der Waals surface area contributed by atoms with Gasteiger partial charge < -0.3 is 15.4 Å². The van der Waals surface area contributed by atoms with Crippen LogP contribution in [0, 0.1) is 5.92 Å². The highest BCUT2D eigenvalue weighted by molar-refractivity contribution is 6.30. The van der Waals surface area contributed by atoms with Crippen LogP contribution in [0.15, 0.2) is 24.3 Å². The third-order valence-corrected chi connectivity index (χ3v) is 3.47. The molecule has 0 saturated heterocycles. The number of hydrogen-bond donors (Lipinski definition) is 3. The van der Waals surface area contributed by atoms with Crippen molar-refractivity contribution in [2.75, 3.05) is 26.8 Å². The van der Waals surface area contributed by atoms with Crippen molar-refractivity contribution in [1.29, 1.82) is 0 Å². The second kappa shape index (κ2) is 10.2. The maximum atomic E-state index is 11.8. The molecule has 1 aromatic rings. The minimum Gasteiger partial charge on any atom is -0.383 e. The Bertz CT molecular complexity index is 506. The van der Waals surface area contributed by atoms with Gasteiger partial charge in [0, 0.05) is 24.7 Å². The summed E-state index contributed by atoms with van der Waals surface area (Å²) in [6.45, 7) is 4.90. The van der Waals surface area contributed by atoms with E-state index in [2.05, 4.69) is 29.8 Å². The third-order valence-electron chi connectivity index (χ3n) is 3.22. The van der Waals surface area contributed by atoms with Gasteiger partial charge in [0.1, 0.15) is 0 Å². The van der Waals surface area contributed by atoms with Crippen molar-refractivity contribution in [2.24, 2.45) is 5.92 Å². The van der Waals surface area contributed by atoms with E-state index in [1.54, 1.807) is 0 Å². The van der Waals surface area contributed by atoms with Crippen LogP contribution in [0.25, 0.3) is 0 Å². The predicted octanol–water partition coefficient (Wildman–Crippen LogP) is 2.10. The molecule has 0 radical (unpaired) electrons. The highest BCUT2D eigenvalue weighted by Gasteiger charge is 2.17. The number of hydrogen-bond acceptors (Lipinski definition) is 4. The summed E-state index contributed by atoms with van der Waals surface area (Å²) in [5, 5.41) is 8.63. The van der Waals surface area contributed by atoms with Gasteiger partial charge in [-0.25, -0.2) is 4.79 Å². The number of carbonyl (C=O) groups excluding carboxylic acids is 2. The van der Waals surface area contributed by atoms with Gasteiger partial charge >= 0.3 is 6.03 Å². The summed E-state index contributed by atoms with van der Waals surface area (Å²) in [6.07, 6.45) is 0. The van der Waals surface area contributed by atoms with Crippen LogP contribution in [0.1, 0.15) is 25.5 Å². The molecule has 6 nitrogen and oxygen atoms in total. The van der Waals surface area contributed by atoms with Crippen LogP contribution >= 0.6 is 11.6 Å². The molecule has 1 aromatic carbocycles. The Morgan fingerprint density at radius 3 is 2.43 bits per heavy atom. The fraction of sp³-hybridized carbons (Fsp3) is 0.500. The number of rotatable bonds is 8. The molecular formula is C16H24ClN3O3. The van der Waals surface area contributed by atoms with Crippen molar-refractivity contribution in [1.82, 2.24) is 16.0 Å². The van der Waals surface area contributed by atoms with Crippen molar-refractivity contribution < 1.29 is 14.3 Å². The zero-order valence-electron chi connectivity index (χ0n) is 13.7. The van der Waals surface area contributed by atoms with Gasteiger partial charge in [-0.15, -0.1) is 0 Å². The van der Waals surface area contributed by atoms with Crippen molar-refractivity contribution in [2.45, 2.75) is 19.9 Å². The molecule has 0 aromatic heterocycles. The number of benzene rings is 1. The van der Waals surface area contributed by atoms with Gasteiger partial charge in [0.25, 0.3) is 0 Å². The summed E-state index contributed by atoms with van der Waals surface area (Å²) >= 11 is 5.89. The standard InChI is InChI=1S/C16H24ClN3O3/c1-11(2)15(12-4-6-13(17)7-5-12)19-10-14(21)20-16(22)18-8-9-23-3/h4-7,11,15,19H,8-10H2,1-3H3,(H2,18,20,21,22). The molecule has 1 rings (SSSR count). The summed E-state index contributed by atoms with van der Waals surface area (Å²) in [4.78, 5) is 23.3. The van der Waals surface area contributed by atoms with Crippen molar-refractivity contribution in [3.8, 4) is 0 Å². The molecule has 7 heteroatoms. The van der Waals surface area contributed by atoms with Gasteiger partial charge in [0.15, 0.2) is 0 Å². The summed E-state index contributed by atoms with van der Waals surface area (Å²) < 4.78 is 4.81. The SMILES string of the molecule is COCCNC(=O)NC(=O)CNC(c1ccc(Cl)cc1)C(C)C. The Labute approximate surface area is 141 Å². The number of ether oxygens (including phenoxy) is 1. The fourth-order valence-corrected chi connectivity index (χ4v) is 2.22. The molecule has 0 heterocycles. The summed E-state index contributed by atoms with van der Waals surface area (Å²) in [5.41, 5.74) is 1.04. The molecule has 0 aliphatic rings. The molecule has 3 N–H and O–H groups in total. The first-order valence-corrected chi connectivity index (χ1v) is 7.87. The molecule has 1 atom stereocenters. The lowest BCUT2D eigenvalue weighted by atomic mass is 9.96. The number of methoxy groups -OCH3 is 1. The number of amides is 3. The molecular weight excluding hydrogens is 318 g/mol. The Balaban J connectivity index is 2.47. The Morgan fingerprint density at radius 2 is 1.87 bits per heavy atom. The van der Waals surface area contributed by atoms with Gasteiger partial charge in [-0.2, -0.15) is 0 Å². The zero-order chi connectivity index (χ0) is 17.2. The first-order chi connectivity index (χ1) is 10.9. The van der Waals surface area contributed by atoms with Crippen molar-refractivity contribution in [3.05, 3.63) is 34.9 Å². The lowest BCUT2D eigenvalue weighted by molar-refractivity contribution is -0.119. The zero-order valence-corrected chi connectivity index (χ0v) is 14.4. The monoisotopic (exact) mass is 341 g/mol. The average Bonchev–Trinajstić information content (AvgIpc) is 2.49. The largest absolute Gasteiger partial charge is 0.383 e. The molecule has 3 amide bonds.